The van der Waals surface area contributed by atoms with E-state index in [1.165, 1.54) is 0 Å². The second kappa shape index (κ2) is 10.1. The highest BCUT2D eigenvalue weighted by Gasteiger charge is 2.40. The predicted octanol–water partition coefficient (Wildman–Crippen LogP) is 4.23. The van der Waals surface area contributed by atoms with Crippen molar-refractivity contribution in [2.75, 3.05) is 26.4 Å². The van der Waals surface area contributed by atoms with Crippen LogP contribution in [0.5, 0.6) is 0 Å². The fourth-order valence-electron chi connectivity index (χ4n) is 1.65. The second-order valence-electron chi connectivity index (χ2n) is 4.09. The fourth-order valence-corrected chi connectivity index (χ4v) is 4.84. The summed E-state index contributed by atoms with van der Waals surface area (Å²) in [5, 5.41) is 0. The number of rotatable bonds is 12. The highest BCUT2D eigenvalue weighted by atomic mass is 31.2. The van der Waals surface area contributed by atoms with Gasteiger partial charge in [0.05, 0.1) is 26.4 Å². The van der Waals surface area contributed by atoms with Crippen LogP contribution in [-0.2, 0) is 32.0 Å². The van der Waals surface area contributed by atoms with Crippen molar-refractivity contribution in [3.05, 3.63) is 0 Å². The molecule has 0 amide bonds. The van der Waals surface area contributed by atoms with Crippen LogP contribution in [-0.4, -0.2) is 38.1 Å². The van der Waals surface area contributed by atoms with E-state index < -0.39 is 26.9 Å². The standard InChI is InChI=1S/C12H28O7P2/c1-7-15-20(13,16-8-2)11(5)19-12(6)21(14,17-9-3)18-10-4/h11-12H,7-10H2,1-6H3. The lowest BCUT2D eigenvalue weighted by Gasteiger charge is -2.29. The molecule has 0 saturated carbocycles. The summed E-state index contributed by atoms with van der Waals surface area (Å²) in [6.45, 7) is 10.9. The maximum absolute atomic E-state index is 12.6. The Kier molecular flexibility index (Phi) is 10.2. The van der Waals surface area contributed by atoms with Crippen LogP contribution in [0.4, 0.5) is 0 Å². The van der Waals surface area contributed by atoms with Crippen LogP contribution in [0.2, 0.25) is 0 Å². The van der Waals surface area contributed by atoms with Crippen LogP contribution in [0.15, 0.2) is 0 Å². The van der Waals surface area contributed by atoms with Crippen LogP contribution in [0.25, 0.3) is 0 Å². The molecule has 0 aromatic carbocycles. The van der Waals surface area contributed by atoms with Crippen molar-refractivity contribution in [2.45, 2.75) is 53.2 Å². The second-order valence-corrected chi connectivity index (χ2v) is 8.73. The maximum atomic E-state index is 12.6. The van der Waals surface area contributed by atoms with Crippen molar-refractivity contribution in [3.8, 4) is 0 Å². The van der Waals surface area contributed by atoms with Crippen molar-refractivity contribution in [1.82, 2.24) is 0 Å². The first kappa shape index (κ1) is 21.3. The van der Waals surface area contributed by atoms with E-state index in [1.807, 2.05) is 0 Å². The summed E-state index contributed by atoms with van der Waals surface area (Å²) in [6.07, 6.45) is 0. The molecule has 9 heteroatoms. The molecule has 0 bridgehead atoms. The molecule has 0 spiro atoms. The van der Waals surface area contributed by atoms with E-state index in [0.29, 0.717) is 0 Å². The monoisotopic (exact) mass is 346 g/mol. The van der Waals surface area contributed by atoms with Gasteiger partial charge in [0, 0.05) is 0 Å². The summed E-state index contributed by atoms with van der Waals surface area (Å²) >= 11 is 0. The minimum atomic E-state index is -3.43. The molecule has 0 saturated heterocycles. The van der Waals surface area contributed by atoms with Crippen molar-refractivity contribution in [3.63, 3.8) is 0 Å². The Morgan fingerprint density at radius 3 is 1.10 bits per heavy atom. The average molecular weight is 346 g/mol. The Labute approximate surface area is 127 Å². The zero-order valence-electron chi connectivity index (χ0n) is 13.7. The minimum absolute atomic E-state index is 0.230. The van der Waals surface area contributed by atoms with Gasteiger partial charge in [0.2, 0.25) is 0 Å². The molecule has 0 heterocycles. The largest absolute Gasteiger partial charge is 0.358 e. The molecule has 0 N–H and O–H groups in total. The molecule has 0 aromatic rings. The molecule has 0 radical (unpaired) electrons. The van der Waals surface area contributed by atoms with Crippen LogP contribution >= 0.6 is 15.2 Å². The average Bonchev–Trinajstić information content (AvgIpc) is 2.39. The van der Waals surface area contributed by atoms with Gasteiger partial charge >= 0.3 is 15.2 Å². The molecule has 0 fully saturated rings. The molecule has 0 rings (SSSR count). The van der Waals surface area contributed by atoms with Gasteiger partial charge < -0.3 is 22.8 Å². The van der Waals surface area contributed by atoms with E-state index in [0.717, 1.165) is 0 Å². The van der Waals surface area contributed by atoms with Gasteiger partial charge in [-0.3, -0.25) is 9.13 Å². The lowest BCUT2D eigenvalue weighted by molar-refractivity contribution is 0.0454. The molecule has 2 unspecified atom stereocenters. The molecule has 2 atom stereocenters. The summed E-state index contributed by atoms with van der Waals surface area (Å²) in [4.78, 5) is 0. The third kappa shape index (κ3) is 6.49. The van der Waals surface area contributed by atoms with E-state index in [2.05, 4.69) is 0 Å². The Morgan fingerprint density at radius 2 is 0.905 bits per heavy atom. The Balaban J connectivity index is 4.97. The quantitative estimate of drug-likeness (QED) is 0.489. The molecule has 0 aromatic heterocycles. The van der Waals surface area contributed by atoms with E-state index in [-0.39, 0.29) is 26.4 Å². The van der Waals surface area contributed by atoms with Gasteiger partial charge in [0.1, 0.15) is 0 Å². The lowest BCUT2D eigenvalue weighted by atomic mass is 10.8. The van der Waals surface area contributed by atoms with E-state index in [1.54, 1.807) is 41.5 Å². The minimum Gasteiger partial charge on any atom is -0.350 e. The van der Waals surface area contributed by atoms with E-state index in [4.69, 9.17) is 22.8 Å². The third-order valence-corrected chi connectivity index (χ3v) is 7.02. The van der Waals surface area contributed by atoms with Gasteiger partial charge in [0.25, 0.3) is 0 Å². The van der Waals surface area contributed by atoms with Gasteiger partial charge in [-0.25, -0.2) is 0 Å². The topological polar surface area (TPSA) is 80.3 Å². The number of hydrogen-bond donors (Lipinski definition) is 0. The Morgan fingerprint density at radius 1 is 0.667 bits per heavy atom. The predicted molar refractivity (Wildman–Crippen MR) is 81.7 cm³/mol. The first-order valence-corrected chi connectivity index (χ1v) is 10.4. The number of hydrogen-bond acceptors (Lipinski definition) is 7. The van der Waals surface area contributed by atoms with Crippen LogP contribution in [0.3, 0.4) is 0 Å². The van der Waals surface area contributed by atoms with Crippen LogP contribution in [0, 0.1) is 0 Å². The summed E-state index contributed by atoms with van der Waals surface area (Å²) < 4.78 is 51.5. The van der Waals surface area contributed by atoms with Crippen molar-refractivity contribution in [1.29, 1.82) is 0 Å². The molecule has 7 nitrogen and oxygen atoms in total. The third-order valence-electron chi connectivity index (χ3n) is 2.52. The summed E-state index contributed by atoms with van der Waals surface area (Å²) in [7, 11) is -6.85. The fraction of sp³-hybridized carbons (Fsp3) is 1.00. The Hall–Kier alpha value is 0.260. The highest BCUT2D eigenvalue weighted by Crippen LogP contribution is 2.58. The summed E-state index contributed by atoms with van der Waals surface area (Å²) in [5.74, 6) is -1.75. The first-order valence-electron chi connectivity index (χ1n) is 7.22. The molecule has 0 aliphatic rings. The van der Waals surface area contributed by atoms with Crippen LogP contribution < -0.4 is 0 Å². The van der Waals surface area contributed by atoms with Crippen molar-refractivity contribution < 1.29 is 32.0 Å². The van der Waals surface area contributed by atoms with Crippen molar-refractivity contribution in [2.24, 2.45) is 0 Å². The Bertz CT molecular complexity index is 321. The zero-order chi connectivity index (χ0) is 16.5. The summed E-state index contributed by atoms with van der Waals surface area (Å²) in [6, 6.07) is 0. The van der Waals surface area contributed by atoms with Gasteiger partial charge in [0.15, 0.2) is 11.7 Å². The summed E-state index contributed by atoms with van der Waals surface area (Å²) in [5.41, 5.74) is 0. The maximum Gasteiger partial charge on any atom is 0.358 e. The first-order chi connectivity index (χ1) is 9.79. The molecular formula is C12H28O7P2. The van der Waals surface area contributed by atoms with E-state index >= 15 is 0 Å². The van der Waals surface area contributed by atoms with Gasteiger partial charge in [-0.05, 0) is 41.5 Å². The van der Waals surface area contributed by atoms with Gasteiger partial charge in [-0.1, -0.05) is 0 Å². The molecule has 128 valence electrons. The SMILES string of the molecule is CCOP(=O)(OCC)C(C)OC(C)P(=O)(OCC)OCC. The van der Waals surface area contributed by atoms with Crippen LogP contribution in [0.1, 0.15) is 41.5 Å². The van der Waals surface area contributed by atoms with Gasteiger partial charge in [-0.15, -0.1) is 0 Å². The smallest absolute Gasteiger partial charge is 0.350 e. The normalized spacial score (nSPS) is 15.9. The molecule has 0 aliphatic heterocycles. The lowest BCUT2D eigenvalue weighted by Crippen LogP contribution is -2.22. The van der Waals surface area contributed by atoms with Gasteiger partial charge in [-0.2, -0.15) is 0 Å². The molecule has 0 aliphatic carbocycles. The zero-order valence-corrected chi connectivity index (χ0v) is 15.5. The molecule has 21 heavy (non-hydrogen) atoms. The molecular weight excluding hydrogens is 318 g/mol. The van der Waals surface area contributed by atoms with Crippen molar-refractivity contribution >= 4 is 15.2 Å². The number of ether oxygens (including phenoxy) is 1. The van der Waals surface area contributed by atoms with E-state index in [9.17, 15) is 9.13 Å². The highest BCUT2D eigenvalue weighted by molar-refractivity contribution is 7.55.